The number of amides is 3. The molecule has 0 aromatic heterocycles. The molecule has 0 fully saturated rings. The molecule has 40 heavy (non-hydrogen) atoms. The summed E-state index contributed by atoms with van der Waals surface area (Å²) < 4.78 is 0. The first-order chi connectivity index (χ1) is 19.0. The Morgan fingerprint density at radius 3 is 2.00 bits per heavy atom. The van der Waals surface area contributed by atoms with Gasteiger partial charge in [-0.2, -0.15) is 11.8 Å². The predicted octanol–water partition coefficient (Wildman–Crippen LogP) is 1.84. The van der Waals surface area contributed by atoms with E-state index in [0.717, 1.165) is 5.56 Å². The highest BCUT2D eigenvalue weighted by molar-refractivity contribution is 7.98. The Labute approximate surface area is 239 Å². The van der Waals surface area contributed by atoms with Crippen molar-refractivity contribution in [1.29, 1.82) is 0 Å². The van der Waals surface area contributed by atoms with E-state index < -0.39 is 47.9 Å². The number of phenols is 1. The quantitative estimate of drug-likeness (QED) is 0.177. The van der Waals surface area contributed by atoms with Crippen LogP contribution in [0.2, 0.25) is 0 Å². The van der Waals surface area contributed by atoms with Crippen LogP contribution in [0.1, 0.15) is 37.8 Å². The molecular formula is C29H40N4O6S. The maximum absolute atomic E-state index is 13.5. The molecule has 0 aliphatic carbocycles. The Morgan fingerprint density at radius 2 is 1.43 bits per heavy atom. The Bertz CT molecular complexity index is 1120. The normalized spacial score (nSPS) is 14.7. The number of hydrogen-bond donors (Lipinski definition) is 6. The summed E-state index contributed by atoms with van der Waals surface area (Å²) in [5, 5.41) is 27.3. The highest BCUT2D eigenvalue weighted by Gasteiger charge is 2.32. The van der Waals surface area contributed by atoms with Crippen molar-refractivity contribution >= 4 is 35.5 Å². The number of hydrogen-bond acceptors (Lipinski definition) is 7. The molecule has 0 saturated carbocycles. The van der Waals surface area contributed by atoms with E-state index in [2.05, 4.69) is 16.0 Å². The molecule has 10 nitrogen and oxygen atoms in total. The fourth-order valence-electron chi connectivity index (χ4n) is 4.00. The first-order valence-electron chi connectivity index (χ1n) is 13.3. The summed E-state index contributed by atoms with van der Waals surface area (Å²) in [6, 6.07) is 11.0. The fraction of sp³-hybridized carbons (Fsp3) is 0.448. The van der Waals surface area contributed by atoms with Gasteiger partial charge in [0.15, 0.2) is 0 Å². The molecule has 5 unspecified atom stereocenters. The lowest BCUT2D eigenvalue weighted by Gasteiger charge is -2.28. The van der Waals surface area contributed by atoms with E-state index in [1.165, 1.54) is 12.1 Å². The van der Waals surface area contributed by atoms with Gasteiger partial charge in [0.25, 0.3) is 0 Å². The third-order valence-corrected chi connectivity index (χ3v) is 7.31. The maximum atomic E-state index is 13.5. The summed E-state index contributed by atoms with van der Waals surface area (Å²) in [6.07, 6.45) is 3.04. The molecule has 11 heteroatoms. The molecular weight excluding hydrogens is 532 g/mol. The third-order valence-electron chi connectivity index (χ3n) is 6.67. The molecule has 2 rings (SSSR count). The van der Waals surface area contributed by atoms with Crippen LogP contribution in [0.4, 0.5) is 0 Å². The van der Waals surface area contributed by atoms with E-state index in [0.29, 0.717) is 24.2 Å². The van der Waals surface area contributed by atoms with Crippen molar-refractivity contribution in [1.82, 2.24) is 16.0 Å². The molecule has 0 saturated heterocycles. The topological polar surface area (TPSA) is 171 Å². The van der Waals surface area contributed by atoms with Crippen LogP contribution in [0.5, 0.6) is 5.75 Å². The summed E-state index contributed by atoms with van der Waals surface area (Å²) in [6.45, 7) is 3.71. The van der Waals surface area contributed by atoms with E-state index in [1.54, 1.807) is 48.2 Å². The molecule has 0 aliphatic rings. The second-order valence-corrected chi connectivity index (χ2v) is 10.8. The lowest BCUT2D eigenvalue weighted by Crippen LogP contribution is -2.59. The van der Waals surface area contributed by atoms with E-state index >= 15 is 0 Å². The van der Waals surface area contributed by atoms with Gasteiger partial charge in [-0.05, 0) is 47.6 Å². The first-order valence-corrected chi connectivity index (χ1v) is 14.6. The van der Waals surface area contributed by atoms with Crippen LogP contribution in [0.15, 0.2) is 54.6 Å². The molecule has 0 radical (unpaired) electrons. The van der Waals surface area contributed by atoms with Gasteiger partial charge in [-0.1, -0.05) is 62.7 Å². The Hall–Kier alpha value is -3.57. The van der Waals surface area contributed by atoms with Crippen molar-refractivity contribution in [2.75, 3.05) is 12.0 Å². The molecule has 3 amide bonds. The molecule has 0 spiro atoms. The van der Waals surface area contributed by atoms with E-state index in [-0.39, 0.29) is 24.5 Å². The number of phenolic OH excluding ortho intramolecular Hbond substituents is 1. The van der Waals surface area contributed by atoms with Crippen LogP contribution in [0.25, 0.3) is 0 Å². The second kappa shape index (κ2) is 16.5. The van der Waals surface area contributed by atoms with Gasteiger partial charge in [-0.25, -0.2) is 4.79 Å². The summed E-state index contributed by atoms with van der Waals surface area (Å²) in [5.41, 5.74) is 7.37. The number of aromatic hydroxyl groups is 1. The largest absolute Gasteiger partial charge is 0.508 e. The van der Waals surface area contributed by atoms with Crippen LogP contribution < -0.4 is 21.7 Å². The summed E-state index contributed by atoms with van der Waals surface area (Å²) in [5.74, 6) is -2.43. The molecule has 7 N–H and O–H groups in total. The number of carboxylic acid groups (broad SMARTS) is 1. The number of aliphatic carboxylic acids is 1. The zero-order valence-corrected chi connectivity index (χ0v) is 23.9. The van der Waals surface area contributed by atoms with Crippen LogP contribution in [-0.2, 0) is 32.0 Å². The Morgan fingerprint density at radius 1 is 0.850 bits per heavy atom. The average molecular weight is 573 g/mol. The van der Waals surface area contributed by atoms with Crippen molar-refractivity contribution in [3.63, 3.8) is 0 Å². The van der Waals surface area contributed by atoms with Crippen molar-refractivity contribution < 1.29 is 29.4 Å². The van der Waals surface area contributed by atoms with Gasteiger partial charge >= 0.3 is 5.97 Å². The molecule has 0 aliphatic heterocycles. The lowest BCUT2D eigenvalue weighted by atomic mass is 9.96. The van der Waals surface area contributed by atoms with Gasteiger partial charge in [0.1, 0.15) is 23.9 Å². The number of carbonyl (C=O) groups excluding carboxylic acids is 3. The monoisotopic (exact) mass is 572 g/mol. The van der Waals surface area contributed by atoms with E-state index in [1.807, 2.05) is 26.2 Å². The highest BCUT2D eigenvalue weighted by atomic mass is 32.2. The Kier molecular flexibility index (Phi) is 13.5. The number of nitrogens with one attached hydrogen (secondary N) is 3. The minimum absolute atomic E-state index is 0.0210. The Balaban J connectivity index is 2.25. The van der Waals surface area contributed by atoms with E-state index in [9.17, 15) is 29.4 Å². The summed E-state index contributed by atoms with van der Waals surface area (Å²) >= 11 is 1.57. The SMILES string of the molecule is CCC(C)C(NC(=O)C(N)CCSC)C(=O)NC(Cc1ccccc1)C(=O)NC(Cc1ccc(O)cc1)C(=O)O. The van der Waals surface area contributed by atoms with Crippen LogP contribution in [-0.4, -0.2) is 70.1 Å². The number of carboxylic acids is 1. The van der Waals surface area contributed by atoms with Crippen LogP contribution in [0, 0.1) is 5.92 Å². The number of nitrogens with two attached hydrogens (primary N) is 1. The maximum Gasteiger partial charge on any atom is 0.326 e. The predicted molar refractivity (Wildman–Crippen MR) is 156 cm³/mol. The zero-order valence-electron chi connectivity index (χ0n) is 23.1. The average Bonchev–Trinajstić information content (AvgIpc) is 2.94. The number of thioether (sulfide) groups is 1. The first kappa shape index (κ1) is 32.6. The van der Waals surface area contributed by atoms with Crippen molar-refractivity contribution in [2.45, 2.75) is 63.7 Å². The lowest BCUT2D eigenvalue weighted by molar-refractivity contribution is -0.142. The zero-order chi connectivity index (χ0) is 29.7. The molecule has 218 valence electrons. The standard InChI is InChI=1S/C29H40N4O6S/c1-4-18(2)25(33-26(35)22(30)14-15-40-3)28(37)31-23(16-19-8-6-5-7-9-19)27(36)32-24(29(38)39)17-20-10-12-21(34)13-11-20/h5-13,18,22-25,34H,4,14-17,30H2,1-3H3,(H,31,37)(H,32,36)(H,33,35)(H,38,39). The molecule has 0 heterocycles. The molecule has 5 atom stereocenters. The number of carbonyl (C=O) groups is 4. The van der Waals surface area contributed by atoms with E-state index in [4.69, 9.17) is 5.73 Å². The number of benzene rings is 2. The third kappa shape index (κ3) is 10.5. The smallest absolute Gasteiger partial charge is 0.326 e. The highest BCUT2D eigenvalue weighted by Crippen LogP contribution is 2.13. The minimum Gasteiger partial charge on any atom is -0.508 e. The van der Waals surface area contributed by atoms with Crippen LogP contribution in [0.3, 0.4) is 0 Å². The molecule has 2 aromatic carbocycles. The summed E-state index contributed by atoms with van der Waals surface area (Å²) in [4.78, 5) is 51.6. The summed E-state index contributed by atoms with van der Waals surface area (Å²) in [7, 11) is 0. The van der Waals surface area contributed by atoms with Crippen LogP contribution >= 0.6 is 11.8 Å². The van der Waals surface area contributed by atoms with Gasteiger partial charge in [0.2, 0.25) is 17.7 Å². The van der Waals surface area contributed by atoms with Gasteiger partial charge in [0, 0.05) is 12.8 Å². The second-order valence-electron chi connectivity index (χ2n) is 9.78. The van der Waals surface area contributed by atoms with Gasteiger partial charge in [0.05, 0.1) is 6.04 Å². The van der Waals surface area contributed by atoms with Gasteiger partial charge < -0.3 is 31.9 Å². The van der Waals surface area contributed by atoms with Crippen molar-refractivity contribution in [3.05, 3.63) is 65.7 Å². The van der Waals surface area contributed by atoms with Gasteiger partial charge in [-0.3, -0.25) is 14.4 Å². The van der Waals surface area contributed by atoms with Gasteiger partial charge in [-0.15, -0.1) is 0 Å². The molecule has 2 aromatic rings. The van der Waals surface area contributed by atoms with Crippen molar-refractivity contribution in [2.24, 2.45) is 11.7 Å². The fourth-order valence-corrected chi connectivity index (χ4v) is 4.49. The van der Waals surface area contributed by atoms with Crippen molar-refractivity contribution in [3.8, 4) is 5.75 Å². The minimum atomic E-state index is -1.27. The number of rotatable bonds is 16. The molecule has 0 bridgehead atoms.